The minimum Gasteiger partial charge on any atom is -0.495 e. The molecule has 0 aliphatic rings. The van der Waals surface area contributed by atoms with Crippen molar-refractivity contribution >= 4 is 21.6 Å². The monoisotopic (exact) mass is 391 g/mol. The Labute approximate surface area is 160 Å². The molecule has 0 aliphatic carbocycles. The average Bonchev–Trinajstić information content (AvgIpc) is 2.60. The van der Waals surface area contributed by atoms with Crippen LogP contribution in [0.2, 0.25) is 0 Å². The summed E-state index contributed by atoms with van der Waals surface area (Å²) in [5.41, 5.74) is 0.165. The van der Waals surface area contributed by atoms with Crippen LogP contribution < -0.4 is 14.8 Å². The molecule has 1 amide bonds. The van der Waals surface area contributed by atoms with E-state index in [0.717, 1.165) is 0 Å². The van der Waals surface area contributed by atoms with E-state index < -0.39 is 15.9 Å². The molecular weight excluding hydrogens is 366 g/mol. The van der Waals surface area contributed by atoms with E-state index >= 15 is 0 Å². The largest absolute Gasteiger partial charge is 0.495 e. The number of aromatic nitrogens is 1. The number of nitrogens with one attached hydrogen (secondary N) is 2. The molecule has 2 N–H and O–H groups in total. The van der Waals surface area contributed by atoms with Gasteiger partial charge in [0.2, 0.25) is 0 Å². The normalized spacial score (nSPS) is 12.9. The fraction of sp³-hybridized carbons (Fsp3) is 0.368. The molecule has 146 valence electrons. The molecule has 0 bridgehead atoms. The Morgan fingerprint density at radius 2 is 1.85 bits per heavy atom. The van der Waals surface area contributed by atoms with Gasteiger partial charge in [0.05, 0.1) is 30.8 Å². The van der Waals surface area contributed by atoms with Crippen LogP contribution in [-0.2, 0) is 10.0 Å². The van der Waals surface area contributed by atoms with Crippen molar-refractivity contribution in [1.82, 2.24) is 10.3 Å². The lowest BCUT2D eigenvalue weighted by Crippen LogP contribution is -2.41. The molecule has 0 radical (unpaired) electrons. The van der Waals surface area contributed by atoms with E-state index in [2.05, 4.69) is 15.0 Å². The van der Waals surface area contributed by atoms with E-state index in [9.17, 15) is 13.2 Å². The molecule has 0 saturated carbocycles. The van der Waals surface area contributed by atoms with Crippen molar-refractivity contribution in [3.05, 3.63) is 48.3 Å². The van der Waals surface area contributed by atoms with Crippen LogP contribution in [0.15, 0.2) is 47.6 Å². The van der Waals surface area contributed by atoms with Crippen molar-refractivity contribution in [3.63, 3.8) is 0 Å². The molecule has 7 nitrogen and oxygen atoms in total. The number of amides is 1. The van der Waals surface area contributed by atoms with Gasteiger partial charge in [-0.25, -0.2) is 8.42 Å². The number of pyridine rings is 1. The number of sulfonamides is 1. The second-order valence-corrected chi connectivity index (χ2v) is 8.93. The third-order valence-electron chi connectivity index (χ3n) is 4.27. The number of anilines is 1. The zero-order chi connectivity index (χ0) is 20.2. The molecule has 27 heavy (non-hydrogen) atoms. The summed E-state index contributed by atoms with van der Waals surface area (Å²) in [6.45, 7) is 7.88. The molecule has 2 rings (SSSR count). The van der Waals surface area contributed by atoms with Gasteiger partial charge < -0.3 is 10.1 Å². The molecule has 0 spiro atoms. The lowest BCUT2D eigenvalue weighted by molar-refractivity contribution is 0.0906. The van der Waals surface area contributed by atoms with Crippen LogP contribution in [0.5, 0.6) is 5.75 Å². The van der Waals surface area contributed by atoms with Crippen molar-refractivity contribution in [2.45, 2.75) is 38.6 Å². The Morgan fingerprint density at radius 1 is 1.19 bits per heavy atom. The summed E-state index contributed by atoms with van der Waals surface area (Å²) in [7, 11) is -2.53. The Kier molecular flexibility index (Phi) is 6.10. The van der Waals surface area contributed by atoms with Crippen LogP contribution in [0.4, 0.5) is 5.69 Å². The minimum atomic E-state index is -3.99. The Morgan fingerprint density at radius 3 is 2.48 bits per heavy atom. The zero-order valence-electron chi connectivity index (χ0n) is 16.1. The van der Waals surface area contributed by atoms with Crippen molar-refractivity contribution in [2.24, 2.45) is 5.41 Å². The van der Waals surface area contributed by atoms with Crippen molar-refractivity contribution in [1.29, 1.82) is 0 Å². The molecule has 0 fully saturated rings. The van der Waals surface area contributed by atoms with Crippen LogP contribution >= 0.6 is 0 Å². The fourth-order valence-electron chi connectivity index (χ4n) is 2.18. The predicted molar refractivity (Wildman–Crippen MR) is 104 cm³/mol. The maximum atomic E-state index is 12.8. The van der Waals surface area contributed by atoms with Gasteiger partial charge in [-0.3, -0.25) is 14.5 Å². The second kappa shape index (κ2) is 7.96. The van der Waals surface area contributed by atoms with Gasteiger partial charge in [-0.05, 0) is 24.5 Å². The topological polar surface area (TPSA) is 97.4 Å². The van der Waals surface area contributed by atoms with Crippen molar-refractivity contribution in [3.8, 4) is 5.75 Å². The first-order valence-electron chi connectivity index (χ1n) is 8.46. The maximum absolute atomic E-state index is 12.8. The van der Waals surface area contributed by atoms with Gasteiger partial charge in [-0.1, -0.05) is 32.9 Å². The average molecular weight is 391 g/mol. The van der Waals surface area contributed by atoms with Gasteiger partial charge in [-0.2, -0.15) is 0 Å². The number of benzene rings is 1. The summed E-state index contributed by atoms with van der Waals surface area (Å²) < 4.78 is 33.2. The first kappa shape index (κ1) is 20.7. The summed E-state index contributed by atoms with van der Waals surface area (Å²) in [6.07, 6.45) is 2.83. The Bertz CT molecular complexity index is 921. The summed E-state index contributed by atoms with van der Waals surface area (Å²) in [5.74, 6) is -0.0256. The number of hydrogen-bond donors (Lipinski definition) is 2. The van der Waals surface area contributed by atoms with E-state index in [0.29, 0.717) is 5.75 Å². The highest BCUT2D eigenvalue weighted by Crippen LogP contribution is 2.23. The van der Waals surface area contributed by atoms with E-state index in [1.807, 2.05) is 27.7 Å². The first-order chi connectivity index (χ1) is 12.5. The molecule has 1 atom stereocenters. The molecule has 0 unspecified atom stereocenters. The molecule has 1 heterocycles. The summed E-state index contributed by atoms with van der Waals surface area (Å²) in [4.78, 5) is 16.5. The summed E-state index contributed by atoms with van der Waals surface area (Å²) in [6, 6.07) is 7.45. The minimum absolute atomic E-state index is 0.0805. The van der Waals surface area contributed by atoms with Gasteiger partial charge in [0, 0.05) is 12.1 Å². The van der Waals surface area contributed by atoms with Gasteiger partial charge in [0.15, 0.2) is 0 Å². The van der Waals surface area contributed by atoms with Gasteiger partial charge >= 0.3 is 0 Å². The Balaban J connectivity index is 2.34. The third kappa shape index (κ3) is 5.19. The molecular formula is C19H25N3O4S. The van der Waals surface area contributed by atoms with Crippen LogP contribution in [0, 0.1) is 5.41 Å². The SMILES string of the molecule is COc1cncc(NS(=O)(=O)c2ccccc2C(=O)N[C@@H](C)C(C)(C)C)c1. The zero-order valence-corrected chi connectivity index (χ0v) is 16.9. The fourth-order valence-corrected chi connectivity index (χ4v) is 3.42. The molecule has 1 aromatic heterocycles. The van der Waals surface area contributed by atoms with Crippen LogP contribution in [0.1, 0.15) is 38.1 Å². The lowest BCUT2D eigenvalue weighted by Gasteiger charge is -2.28. The number of rotatable bonds is 6. The van der Waals surface area contributed by atoms with Crippen molar-refractivity contribution in [2.75, 3.05) is 11.8 Å². The van der Waals surface area contributed by atoms with E-state index in [1.54, 1.807) is 12.1 Å². The van der Waals surface area contributed by atoms with Gasteiger partial charge in [-0.15, -0.1) is 0 Å². The summed E-state index contributed by atoms with van der Waals surface area (Å²) >= 11 is 0. The van der Waals surface area contributed by atoms with Crippen LogP contribution in [0.25, 0.3) is 0 Å². The maximum Gasteiger partial charge on any atom is 0.262 e. The van der Waals surface area contributed by atoms with Gasteiger partial charge in [0.25, 0.3) is 15.9 Å². The number of ether oxygens (including phenoxy) is 1. The highest BCUT2D eigenvalue weighted by molar-refractivity contribution is 7.92. The quantitative estimate of drug-likeness (QED) is 0.789. The highest BCUT2D eigenvalue weighted by Gasteiger charge is 2.26. The van der Waals surface area contributed by atoms with E-state index in [1.165, 1.54) is 37.7 Å². The third-order valence-corrected chi connectivity index (χ3v) is 5.71. The van der Waals surface area contributed by atoms with E-state index in [-0.39, 0.29) is 27.6 Å². The number of nitrogens with zero attached hydrogens (tertiary/aromatic N) is 1. The standard InChI is InChI=1S/C19H25N3O4S/c1-13(19(2,3)4)21-18(23)16-8-6-7-9-17(16)27(24,25)22-14-10-15(26-5)12-20-11-14/h6-13,22H,1-5H3,(H,21,23)/t13-/m0/s1. The van der Waals surface area contributed by atoms with Crippen LogP contribution in [0.3, 0.4) is 0 Å². The molecule has 0 saturated heterocycles. The van der Waals surface area contributed by atoms with E-state index in [4.69, 9.17) is 4.74 Å². The smallest absolute Gasteiger partial charge is 0.262 e. The van der Waals surface area contributed by atoms with Crippen LogP contribution in [-0.4, -0.2) is 32.5 Å². The van der Waals surface area contributed by atoms with Crippen molar-refractivity contribution < 1.29 is 17.9 Å². The molecule has 2 aromatic rings. The molecule has 1 aromatic carbocycles. The molecule has 8 heteroatoms. The predicted octanol–water partition coefficient (Wildman–Crippen LogP) is 3.06. The Hall–Kier alpha value is -2.61. The number of hydrogen-bond acceptors (Lipinski definition) is 5. The molecule has 0 aliphatic heterocycles. The highest BCUT2D eigenvalue weighted by atomic mass is 32.2. The first-order valence-corrected chi connectivity index (χ1v) is 9.94. The summed E-state index contributed by atoms with van der Waals surface area (Å²) in [5, 5.41) is 2.87. The number of carbonyl (C=O) groups is 1. The van der Waals surface area contributed by atoms with Gasteiger partial charge in [0.1, 0.15) is 10.6 Å². The number of methoxy groups -OCH3 is 1. The second-order valence-electron chi connectivity index (χ2n) is 7.28. The lowest BCUT2D eigenvalue weighted by atomic mass is 9.88. The number of carbonyl (C=O) groups excluding carboxylic acids is 1.